The number of hydrogen-bond donors (Lipinski definition) is 2. The molecule has 0 aliphatic carbocycles. The van der Waals surface area contributed by atoms with Crippen molar-refractivity contribution in [2.45, 2.75) is 0 Å². The van der Waals surface area contributed by atoms with E-state index in [4.69, 9.17) is 4.98 Å². The summed E-state index contributed by atoms with van der Waals surface area (Å²) in [6.45, 7) is 8.49. The molecule has 3 aromatic rings. The molecule has 6 nitrogen and oxygen atoms in total. The van der Waals surface area contributed by atoms with E-state index in [0.717, 1.165) is 69.4 Å². The van der Waals surface area contributed by atoms with Gasteiger partial charge in [0.15, 0.2) is 0 Å². The average molecular weight is 403 g/mol. The Bertz CT molecular complexity index is 885. The Balaban J connectivity index is 1.34. The molecule has 0 spiro atoms. The summed E-state index contributed by atoms with van der Waals surface area (Å²) in [6.07, 6.45) is 1.99. The van der Waals surface area contributed by atoms with Gasteiger partial charge >= 0.3 is 0 Å². The van der Waals surface area contributed by atoms with Crippen LogP contribution in [0.2, 0.25) is 0 Å². The van der Waals surface area contributed by atoms with Crippen molar-refractivity contribution < 1.29 is 0 Å². The zero-order valence-electron chi connectivity index (χ0n) is 17.6. The number of rotatable bonds is 4. The summed E-state index contributed by atoms with van der Waals surface area (Å²) in [5, 5.41) is 6.82. The van der Waals surface area contributed by atoms with E-state index in [1.807, 2.05) is 6.20 Å². The largest absolute Gasteiger partial charge is 0.369 e. The van der Waals surface area contributed by atoms with E-state index in [0.29, 0.717) is 0 Å². The van der Waals surface area contributed by atoms with Gasteiger partial charge in [-0.3, -0.25) is 0 Å². The molecule has 2 aliphatic heterocycles. The maximum absolute atomic E-state index is 4.74. The molecule has 1 aromatic heterocycles. The lowest BCUT2D eigenvalue weighted by Gasteiger charge is -2.29. The molecule has 0 bridgehead atoms. The van der Waals surface area contributed by atoms with Crippen LogP contribution in [0.5, 0.6) is 0 Å². The van der Waals surface area contributed by atoms with Crippen LogP contribution in [-0.4, -0.2) is 61.9 Å². The molecular weight excluding hydrogens is 372 g/mol. The quantitative estimate of drug-likeness (QED) is 0.703. The highest BCUT2D eigenvalue weighted by Crippen LogP contribution is 2.28. The van der Waals surface area contributed by atoms with Gasteiger partial charge in [0.1, 0.15) is 5.82 Å². The van der Waals surface area contributed by atoms with Gasteiger partial charge in [-0.1, -0.05) is 12.1 Å². The molecule has 2 aliphatic rings. The Hall–Kier alpha value is -2.83. The lowest BCUT2D eigenvalue weighted by atomic mass is 10.1. The average Bonchev–Trinajstić information content (AvgIpc) is 3.22. The summed E-state index contributed by atoms with van der Waals surface area (Å²) in [5.74, 6) is 1.00. The van der Waals surface area contributed by atoms with Gasteiger partial charge in [-0.25, -0.2) is 4.98 Å². The first-order chi connectivity index (χ1) is 14.8. The first-order valence-electron chi connectivity index (χ1n) is 10.9. The molecule has 0 unspecified atom stereocenters. The smallest absolute Gasteiger partial charge is 0.140 e. The Morgan fingerprint density at radius 3 is 1.63 bits per heavy atom. The Labute approximate surface area is 178 Å². The molecule has 5 rings (SSSR count). The minimum atomic E-state index is 1.00. The van der Waals surface area contributed by atoms with Crippen molar-refractivity contribution in [3.8, 4) is 22.6 Å². The first kappa shape index (κ1) is 19.2. The maximum Gasteiger partial charge on any atom is 0.140 e. The van der Waals surface area contributed by atoms with Gasteiger partial charge < -0.3 is 25.0 Å². The van der Waals surface area contributed by atoms with Crippen molar-refractivity contribution in [1.29, 1.82) is 0 Å². The third-order valence-electron chi connectivity index (χ3n) is 6.24. The summed E-state index contributed by atoms with van der Waals surface area (Å²) >= 11 is 0. The molecule has 30 heavy (non-hydrogen) atoms. The molecule has 2 fully saturated rings. The van der Waals surface area contributed by atoms with Crippen molar-refractivity contribution in [2.75, 3.05) is 62.2 Å². The van der Waals surface area contributed by atoms with Gasteiger partial charge in [0.25, 0.3) is 0 Å². The number of benzene rings is 2. The number of hydrogen-bond acceptors (Lipinski definition) is 5. The second-order valence-electron chi connectivity index (χ2n) is 8.09. The van der Waals surface area contributed by atoms with E-state index in [-0.39, 0.29) is 0 Å². The van der Waals surface area contributed by atoms with Gasteiger partial charge in [0.05, 0.1) is 11.9 Å². The fourth-order valence-electron chi connectivity index (χ4n) is 4.46. The highest BCUT2D eigenvalue weighted by molar-refractivity contribution is 5.69. The van der Waals surface area contributed by atoms with Gasteiger partial charge in [0, 0.05) is 76.3 Å². The number of anilines is 2. The Morgan fingerprint density at radius 2 is 1.13 bits per heavy atom. The first-order valence-corrected chi connectivity index (χ1v) is 10.9. The second kappa shape index (κ2) is 8.50. The van der Waals surface area contributed by atoms with Crippen LogP contribution in [0.3, 0.4) is 0 Å². The van der Waals surface area contributed by atoms with E-state index < -0.39 is 0 Å². The van der Waals surface area contributed by atoms with Crippen LogP contribution in [0, 0.1) is 0 Å². The van der Waals surface area contributed by atoms with E-state index >= 15 is 0 Å². The van der Waals surface area contributed by atoms with Crippen molar-refractivity contribution in [3.63, 3.8) is 0 Å². The molecule has 2 saturated heterocycles. The topological polar surface area (TPSA) is 48.4 Å². The van der Waals surface area contributed by atoms with E-state index in [9.17, 15) is 0 Å². The predicted octanol–water partition coefficient (Wildman–Crippen LogP) is 2.57. The van der Waals surface area contributed by atoms with Crippen LogP contribution in [0.1, 0.15) is 0 Å². The SMILES string of the molecule is Cn1c(-c2ccc(N3CCNCC3)cc2)cnc1-c1ccc(N2CCNCC2)cc1. The van der Waals surface area contributed by atoms with Crippen LogP contribution >= 0.6 is 0 Å². The standard InChI is InChI=1S/C24H30N6/c1-28-23(19-2-6-21(7-3-19)29-14-10-25-11-15-29)18-27-24(28)20-4-8-22(9-5-20)30-16-12-26-13-17-30/h2-9,18,25-26H,10-17H2,1H3. The van der Waals surface area contributed by atoms with Crippen LogP contribution < -0.4 is 20.4 Å². The van der Waals surface area contributed by atoms with Crippen molar-refractivity contribution in [2.24, 2.45) is 7.05 Å². The summed E-state index contributed by atoms with van der Waals surface area (Å²) < 4.78 is 2.19. The van der Waals surface area contributed by atoms with E-state index in [2.05, 4.69) is 80.6 Å². The van der Waals surface area contributed by atoms with E-state index in [1.165, 1.54) is 16.9 Å². The molecule has 2 N–H and O–H groups in total. The molecule has 0 radical (unpaired) electrons. The minimum absolute atomic E-state index is 1.00. The summed E-state index contributed by atoms with van der Waals surface area (Å²) in [7, 11) is 2.10. The summed E-state index contributed by atoms with van der Waals surface area (Å²) in [4.78, 5) is 9.61. The van der Waals surface area contributed by atoms with Crippen LogP contribution in [0.25, 0.3) is 22.6 Å². The van der Waals surface area contributed by atoms with Gasteiger partial charge in [-0.05, 0) is 42.0 Å². The van der Waals surface area contributed by atoms with Crippen LogP contribution in [-0.2, 0) is 7.05 Å². The fraction of sp³-hybridized carbons (Fsp3) is 0.375. The maximum atomic E-state index is 4.74. The van der Waals surface area contributed by atoms with Crippen molar-refractivity contribution in [1.82, 2.24) is 20.2 Å². The number of piperazine rings is 2. The lowest BCUT2D eigenvalue weighted by Crippen LogP contribution is -2.43. The zero-order chi connectivity index (χ0) is 20.3. The number of nitrogens with one attached hydrogen (secondary N) is 2. The normalized spacial score (nSPS) is 17.4. The molecule has 0 amide bonds. The molecule has 6 heteroatoms. The Kier molecular flexibility index (Phi) is 5.43. The van der Waals surface area contributed by atoms with Gasteiger partial charge in [0.2, 0.25) is 0 Å². The number of nitrogens with zero attached hydrogens (tertiary/aromatic N) is 4. The third-order valence-corrected chi connectivity index (χ3v) is 6.24. The Morgan fingerprint density at radius 1 is 0.667 bits per heavy atom. The number of aromatic nitrogens is 2. The lowest BCUT2D eigenvalue weighted by molar-refractivity contribution is 0.589. The summed E-state index contributed by atoms with van der Waals surface area (Å²) in [6, 6.07) is 17.7. The van der Waals surface area contributed by atoms with E-state index in [1.54, 1.807) is 0 Å². The van der Waals surface area contributed by atoms with Gasteiger partial charge in [-0.2, -0.15) is 0 Å². The second-order valence-corrected chi connectivity index (χ2v) is 8.09. The fourth-order valence-corrected chi connectivity index (χ4v) is 4.46. The molecular formula is C24H30N6. The molecule has 156 valence electrons. The highest BCUT2D eigenvalue weighted by atomic mass is 15.2. The van der Waals surface area contributed by atoms with Crippen LogP contribution in [0.15, 0.2) is 54.7 Å². The molecule has 0 saturated carbocycles. The number of imidazole rings is 1. The molecule has 0 atom stereocenters. The van der Waals surface area contributed by atoms with Gasteiger partial charge in [-0.15, -0.1) is 0 Å². The van der Waals surface area contributed by atoms with Crippen LogP contribution in [0.4, 0.5) is 11.4 Å². The highest BCUT2D eigenvalue weighted by Gasteiger charge is 2.14. The van der Waals surface area contributed by atoms with Crippen molar-refractivity contribution >= 4 is 11.4 Å². The zero-order valence-corrected chi connectivity index (χ0v) is 17.6. The predicted molar refractivity (Wildman–Crippen MR) is 124 cm³/mol. The monoisotopic (exact) mass is 402 g/mol. The summed E-state index contributed by atoms with van der Waals surface area (Å²) in [5.41, 5.74) is 6.08. The molecule has 2 aromatic carbocycles. The minimum Gasteiger partial charge on any atom is -0.369 e. The van der Waals surface area contributed by atoms with Crippen molar-refractivity contribution in [3.05, 3.63) is 54.7 Å². The third kappa shape index (κ3) is 3.80. The molecule has 3 heterocycles.